The largest absolute Gasteiger partial charge is 0.497 e. The molecule has 2 aromatic carbocycles. The molecule has 2 heterocycles. The molecule has 1 aliphatic heterocycles. The predicted molar refractivity (Wildman–Crippen MR) is 125 cm³/mol. The summed E-state index contributed by atoms with van der Waals surface area (Å²) in [4.78, 5) is 29.8. The van der Waals surface area contributed by atoms with Crippen LogP contribution in [0.4, 0.5) is 13.2 Å². The van der Waals surface area contributed by atoms with Crippen LogP contribution >= 0.6 is 22.9 Å². The van der Waals surface area contributed by atoms with E-state index in [9.17, 15) is 22.8 Å². The lowest BCUT2D eigenvalue weighted by Crippen LogP contribution is -2.41. The Morgan fingerprint density at radius 3 is 2.40 bits per heavy atom. The van der Waals surface area contributed by atoms with Gasteiger partial charge in [0.2, 0.25) is 0 Å². The van der Waals surface area contributed by atoms with Crippen LogP contribution in [0.15, 0.2) is 69.6 Å². The molecular formula is C24H18ClF3N2O4S. The second kappa shape index (κ2) is 9.71. The van der Waals surface area contributed by atoms with Gasteiger partial charge < -0.3 is 9.47 Å². The lowest BCUT2D eigenvalue weighted by molar-refractivity contribution is -0.140. The summed E-state index contributed by atoms with van der Waals surface area (Å²) in [6.45, 7) is 1.33. The highest BCUT2D eigenvalue weighted by atomic mass is 35.5. The number of alkyl halides is 3. The summed E-state index contributed by atoms with van der Waals surface area (Å²) in [6.07, 6.45) is -3.42. The number of esters is 1. The van der Waals surface area contributed by atoms with E-state index in [0.717, 1.165) is 15.9 Å². The zero-order valence-electron chi connectivity index (χ0n) is 18.4. The maximum atomic E-state index is 14.1. The first-order valence-electron chi connectivity index (χ1n) is 10.3. The summed E-state index contributed by atoms with van der Waals surface area (Å²) >= 11 is 6.77. The lowest BCUT2D eigenvalue weighted by atomic mass is 9.95. The molecule has 0 N–H and O–H groups in total. The van der Waals surface area contributed by atoms with Crippen molar-refractivity contribution in [3.8, 4) is 5.75 Å². The quantitative estimate of drug-likeness (QED) is 0.475. The smallest absolute Gasteiger partial charge is 0.434 e. The molecule has 0 saturated carbocycles. The van der Waals surface area contributed by atoms with Crippen LogP contribution in [-0.2, 0) is 9.53 Å². The number of hydrogen-bond acceptors (Lipinski definition) is 6. The summed E-state index contributed by atoms with van der Waals surface area (Å²) < 4.78 is 53.6. The van der Waals surface area contributed by atoms with Crippen LogP contribution in [0, 0.1) is 0 Å². The molecular weight excluding hydrogens is 505 g/mol. The normalized spacial score (nSPS) is 16.1. The fourth-order valence-electron chi connectivity index (χ4n) is 3.65. The Labute approximate surface area is 206 Å². The maximum absolute atomic E-state index is 14.1. The molecule has 0 unspecified atom stereocenters. The van der Waals surface area contributed by atoms with Crippen molar-refractivity contribution in [2.24, 2.45) is 4.99 Å². The number of rotatable bonds is 5. The van der Waals surface area contributed by atoms with E-state index in [4.69, 9.17) is 21.1 Å². The molecule has 35 heavy (non-hydrogen) atoms. The molecule has 3 aromatic rings. The number of allylic oxidation sites excluding steroid dienone is 1. The summed E-state index contributed by atoms with van der Waals surface area (Å²) in [5.74, 6) is -0.590. The first-order valence-corrected chi connectivity index (χ1v) is 11.5. The molecule has 0 aliphatic carbocycles. The molecule has 1 aromatic heterocycles. The van der Waals surface area contributed by atoms with Crippen LogP contribution in [0.5, 0.6) is 5.75 Å². The van der Waals surface area contributed by atoms with E-state index in [0.29, 0.717) is 16.3 Å². The fraction of sp³-hybridized carbons (Fsp3) is 0.208. The number of carbonyl (C=O) groups is 1. The molecule has 1 atom stereocenters. The molecule has 0 fully saturated rings. The van der Waals surface area contributed by atoms with Crippen LogP contribution in [0.25, 0.3) is 6.08 Å². The van der Waals surface area contributed by atoms with Gasteiger partial charge in [-0.1, -0.05) is 47.2 Å². The van der Waals surface area contributed by atoms with Crippen LogP contribution in [0.2, 0.25) is 5.02 Å². The predicted octanol–water partition coefficient (Wildman–Crippen LogP) is 4.00. The van der Waals surface area contributed by atoms with Gasteiger partial charge in [0.05, 0.1) is 29.9 Å². The number of hydrogen-bond donors (Lipinski definition) is 0. The third-order valence-electron chi connectivity index (χ3n) is 5.19. The van der Waals surface area contributed by atoms with Gasteiger partial charge in [-0.3, -0.25) is 9.36 Å². The third-order valence-corrected chi connectivity index (χ3v) is 6.43. The molecule has 182 valence electrons. The number of ether oxygens (including phenoxy) is 2. The molecule has 0 radical (unpaired) electrons. The second-order valence-corrected chi connectivity index (χ2v) is 8.83. The van der Waals surface area contributed by atoms with Crippen LogP contribution in [0.1, 0.15) is 24.1 Å². The van der Waals surface area contributed by atoms with Gasteiger partial charge in [0.15, 0.2) is 10.5 Å². The highest BCUT2D eigenvalue weighted by Gasteiger charge is 2.45. The van der Waals surface area contributed by atoms with Gasteiger partial charge in [-0.2, -0.15) is 13.2 Å². The standard InChI is InChI=1S/C24H18ClF3N2O4S/c1-3-34-22(32)18-19(14-6-8-15(25)9-7-14)30-21(31)17(12-13-4-10-16(33-2)11-5-13)35-23(30)29-20(18)24(26,27)28/h4-12,19H,3H2,1-2H3/b17-12-/t19-/m1/s1. The van der Waals surface area contributed by atoms with E-state index in [1.54, 1.807) is 30.3 Å². The van der Waals surface area contributed by atoms with Crippen molar-refractivity contribution in [1.82, 2.24) is 4.57 Å². The molecule has 1 aliphatic rings. The SMILES string of the molecule is CCOC(=O)C1=C(C(F)(F)F)N=c2s/c(=C\c3ccc(OC)cc3)c(=O)n2[C@@H]1c1ccc(Cl)cc1. The van der Waals surface area contributed by atoms with Crippen molar-refractivity contribution < 1.29 is 27.4 Å². The van der Waals surface area contributed by atoms with E-state index in [1.165, 1.54) is 38.3 Å². The highest BCUT2D eigenvalue weighted by molar-refractivity contribution is 7.07. The maximum Gasteiger partial charge on any atom is 0.434 e. The number of halogens is 4. The van der Waals surface area contributed by atoms with Gasteiger partial charge >= 0.3 is 12.1 Å². The van der Waals surface area contributed by atoms with Crippen molar-refractivity contribution in [3.63, 3.8) is 0 Å². The summed E-state index contributed by atoms with van der Waals surface area (Å²) in [5, 5.41) is 0.346. The Morgan fingerprint density at radius 1 is 1.17 bits per heavy atom. The number of fused-ring (bicyclic) bond motifs is 1. The fourth-order valence-corrected chi connectivity index (χ4v) is 4.78. The Hall–Kier alpha value is -3.37. The number of thiazole rings is 1. The third kappa shape index (κ3) is 4.89. The van der Waals surface area contributed by atoms with Crippen LogP contribution in [0.3, 0.4) is 0 Å². The van der Waals surface area contributed by atoms with Crippen molar-refractivity contribution in [2.45, 2.75) is 19.1 Å². The van der Waals surface area contributed by atoms with Crippen LogP contribution in [-0.4, -0.2) is 30.4 Å². The van der Waals surface area contributed by atoms with Crippen molar-refractivity contribution in [1.29, 1.82) is 0 Å². The Bertz CT molecular complexity index is 1470. The molecule has 0 amide bonds. The molecule has 0 spiro atoms. The van der Waals surface area contributed by atoms with Gasteiger partial charge in [-0.05, 0) is 48.4 Å². The lowest BCUT2D eigenvalue weighted by Gasteiger charge is -2.26. The highest BCUT2D eigenvalue weighted by Crippen LogP contribution is 2.38. The van der Waals surface area contributed by atoms with E-state index >= 15 is 0 Å². The first kappa shape index (κ1) is 24.7. The molecule has 4 rings (SSSR count). The van der Waals surface area contributed by atoms with Gasteiger partial charge in [-0.25, -0.2) is 9.79 Å². The zero-order chi connectivity index (χ0) is 25.3. The van der Waals surface area contributed by atoms with Gasteiger partial charge in [0.1, 0.15) is 5.75 Å². The summed E-state index contributed by atoms with van der Waals surface area (Å²) in [7, 11) is 1.52. The molecule has 6 nitrogen and oxygen atoms in total. The summed E-state index contributed by atoms with van der Waals surface area (Å²) in [6, 6.07) is 11.3. The van der Waals surface area contributed by atoms with Crippen LogP contribution < -0.4 is 19.6 Å². The molecule has 0 bridgehead atoms. The zero-order valence-corrected chi connectivity index (χ0v) is 20.0. The summed E-state index contributed by atoms with van der Waals surface area (Å²) in [5.41, 5.74) is -1.85. The minimum absolute atomic E-state index is 0.150. The molecule has 11 heteroatoms. The number of carbonyl (C=O) groups excluding carboxylic acids is 1. The van der Waals surface area contributed by atoms with E-state index < -0.39 is 35.0 Å². The Morgan fingerprint density at radius 2 is 1.83 bits per heavy atom. The molecule has 0 saturated heterocycles. The first-order chi connectivity index (χ1) is 16.6. The number of aromatic nitrogens is 1. The van der Waals surface area contributed by atoms with E-state index in [-0.39, 0.29) is 21.5 Å². The number of benzene rings is 2. The minimum atomic E-state index is -4.96. The van der Waals surface area contributed by atoms with Gasteiger partial charge in [0, 0.05) is 5.02 Å². The monoisotopic (exact) mass is 522 g/mol. The number of nitrogens with zero attached hydrogens (tertiary/aromatic N) is 2. The van der Waals surface area contributed by atoms with Crippen molar-refractivity contribution in [3.05, 3.63) is 95.6 Å². The average molecular weight is 523 g/mol. The van der Waals surface area contributed by atoms with Crippen molar-refractivity contribution >= 4 is 35.0 Å². The van der Waals surface area contributed by atoms with Gasteiger partial charge in [-0.15, -0.1) is 0 Å². The average Bonchev–Trinajstić information content (AvgIpc) is 3.13. The Kier molecular flexibility index (Phi) is 6.86. The Balaban J connectivity index is 2.01. The minimum Gasteiger partial charge on any atom is -0.497 e. The number of methoxy groups -OCH3 is 1. The second-order valence-electron chi connectivity index (χ2n) is 7.39. The van der Waals surface area contributed by atoms with Crippen molar-refractivity contribution in [2.75, 3.05) is 13.7 Å². The van der Waals surface area contributed by atoms with E-state index in [2.05, 4.69) is 4.99 Å². The topological polar surface area (TPSA) is 69.9 Å². The van der Waals surface area contributed by atoms with E-state index in [1.807, 2.05) is 0 Å². The van der Waals surface area contributed by atoms with Gasteiger partial charge in [0.25, 0.3) is 5.56 Å².